The van der Waals surface area contributed by atoms with E-state index in [-0.39, 0.29) is 0 Å². The Morgan fingerprint density at radius 3 is 1.41 bits per heavy atom. The Morgan fingerprint density at radius 2 is 1.22 bits per heavy atom. The monoisotopic (exact) mass is 393 g/mol. The van der Waals surface area contributed by atoms with E-state index < -0.39 is 0 Å². The third-order valence-electron chi connectivity index (χ3n) is 4.43. The first kappa shape index (κ1) is 28.7. The minimum atomic E-state index is 0.316. The summed E-state index contributed by atoms with van der Waals surface area (Å²) in [4.78, 5) is 8.40. The first-order valence-electron chi connectivity index (χ1n) is 10.9. The fourth-order valence-electron chi connectivity index (χ4n) is 2.90. The molecule has 0 aliphatic heterocycles. The molecule has 0 aromatic carbocycles. The summed E-state index contributed by atoms with van der Waals surface area (Å²) in [5, 5.41) is 3.08. The van der Waals surface area contributed by atoms with Crippen LogP contribution in [0.2, 0.25) is 10.6 Å². The molecule has 158 valence electrons. The third kappa shape index (κ3) is 18.6. The van der Waals surface area contributed by atoms with Crippen molar-refractivity contribution in [1.29, 1.82) is 0 Å². The molecule has 0 unspecified atom stereocenters. The maximum absolute atomic E-state index is 3.90. The lowest BCUT2D eigenvalue weighted by Gasteiger charge is -2.28. The predicted molar refractivity (Wildman–Crippen MR) is 128 cm³/mol. The van der Waals surface area contributed by atoms with E-state index in [1.54, 1.807) is 12.4 Å². The summed E-state index contributed by atoms with van der Waals surface area (Å²) in [6.45, 7) is 21.6. The Kier molecular flexibility index (Phi) is 18.6. The zero-order valence-electron chi connectivity index (χ0n) is 20.3. The third-order valence-corrected chi connectivity index (χ3v) is 7.56. The molecule has 0 aliphatic rings. The first-order chi connectivity index (χ1) is 12.5. The number of aromatic nitrogens is 1. The topological polar surface area (TPSA) is 19.4 Å². The number of pyridine rings is 1. The summed E-state index contributed by atoms with van der Waals surface area (Å²) >= 11 is 0.316. The summed E-state index contributed by atoms with van der Waals surface area (Å²) in [5.74, 6) is 1.91. The van der Waals surface area contributed by atoms with Crippen LogP contribution in [0.25, 0.3) is 0 Å². The molecule has 0 saturated heterocycles. The van der Waals surface area contributed by atoms with E-state index >= 15 is 0 Å². The van der Waals surface area contributed by atoms with Gasteiger partial charge in [0.2, 0.25) is 15.2 Å². The summed E-state index contributed by atoms with van der Waals surface area (Å²) in [6.07, 6.45) is 3.57. The second-order valence-electron chi connectivity index (χ2n) is 8.84. The van der Waals surface area contributed by atoms with Crippen LogP contribution in [0.1, 0.15) is 62.3 Å². The van der Waals surface area contributed by atoms with Crippen LogP contribution < -0.4 is 4.90 Å². The van der Waals surface area contributed by atoms with Crippen molar-refractivity contribution >= 4 is 20.9 Å². The van der Waals surface area contributed by atoms with Crippen molar-refractivity contribution in [3.63, 3.8) is 0 Å². The van der Waals surface area contributed by atoms with Crippen LogP contribution >= 0.6 is 0 Å². The van der Waals surface area contributed by atoms with Crippen LogP contribution in [0.15, 0.2) is 24.5 Å². The van der Waals surface area contributed by atoms with Gasteiger partial charge in [-0.05, 0) is 46.4 Å². The number of nitrogens with zero attached hydrogens (tertiary/aromatic N) is 3. The van der Waals surface area contributed by atoms with Crippen LogP contribution in [0.4, 0.5) is 5.69 Å². The maximum Gasteiger partial charge on any atom is 0.237 e. The van der Waals surface area contributed by atoms with E-state index in [1.165, 1.54) is 16.3 Å². The zero-order chi connectivity index (χ0) is 21.4. The highest BCUT2D eigenvalue weighted by atomic mass is 27.1. The van der Waals surface area contributed by atoms with Crippen molar-refractivity contribution in [2.24, 2.45) is 11.8 Å². The van der Waals surface area contributed by atoms with Crippen LogP contribution in [0.5, 0.6) is 0 Å². The normalized spacial score (nSPS) is 10.7. The van der Waals surface area contributed by atoms with Gasteiger partial charge in [-0.25, -0.2) is 0 Å². The summed E-state index contributed by atoms with van der Waals surface area (Å²) in [5.41, 5.74) is 1.19. The zero-order valence-corrected chi connectivity index (χ0v) is 21.7. The van der Waals surface area contributed by atoms with Crippen molar-refractivity contribution in [1.82, 2.24) is 9.88 Å². The highest BCUT2D eigenvalue weighted by Gasteiger charge is 2.09. The fraction of sp³-hybridized carbons (Fsp3) is 0.783. The quantitative estimate of drug-likeness (QED) is 0.517. The van der Waals surface area contributed by atoms with E-state index in [0.717, 1.165) is 18.4 Å². The largest absolute Gasteiger partial charge is 0.378 e. The highest BCUT2D eigenvalue weighted by molar-refractivity contribution is 6.35. The smallest absolute Gasteiger partial charge is 0.237 e. The van der Waals surface area contributed by atoms with Crippen LogP contribution in [0.3, 0.4) is 0 Å². The number of hydrogen-bond donors (Lipinski definition) is 0. The molecule has 3 nitrogen and oxygen atoms in total. The fourth-order valence-corrected chi connectivity index (χ4v) is 4.77. The summed E-state index contributed by atoms with van der Waals surface area (Å²) < 4.78 is 0. The molecule has 1 heterocycles. The molecule has 0 saturated carbocycles. The summed E-state index contributed by atoms with van der Waals surface area (Å²) in [6, 6.07) is 5.32. The van der Waals surface area contributed by atoms with Gasteiger partial charge in [-0.2, -0.15) is 0 Å². The second-order valence-corrected chi connectivity index (χ2v) is 10.7. The van der Waals surface area contributed by atoms with E-state index in [0.29, 0.717) is 27.3 Å². The van der Waals surface area contributed by atoms with Gasteiger partial charge in [-0.1, -0.05) is 57.0 Å². The van der Waals surface area contributed by atoms with Gasteiger partial charge in [-0.3, -0.25) is 9.88 Å². The number of rotatable bonds is 8. The molecule has 0 bridgehead atoms. The average molecular weight is 394 g/mol. The van der Waals surface area contributed by atoms with Gasteiger partial charge in [0.25, 0.3) is 0 Å². The molecule has 0 amide bonds. The highest BCUT2D eigenvalue weighted by Crippen LogP contribution is 2.06. The molecule has 1 aromatic heterocycles. The van der Waals surface area contributed by atoms with E-state index in [2.05, 4.69) is 72.2 Å². The van der Waals surface area contributed by atoms with Gasteiger partial charge in [-0.15, -0.1) is 0 Å². The minimum Gasteiger partial charge on any atom is -0.378 e. The molecule has 1 aromatic rings. The van der Waals surface area contributed by atoms with Crippen LogP contribution in [-0.4, -0.2) is 57.8 Å². The summed E-state index contributed by atoms with van der Waals surface area (Å²) in [7, 11) is 4.02. The lowest BCUT2D eigenvalue weighted by atomic mass is 10.2. The van der Waals surface area contributed by atoms with Crippen molar-refractivity contribution in [2.75, 3.05) is 25.5 Å². The molecular weight excluding hydrogens is 345 g/mol. The van der Waals surface area contributed by atoms with Gasteiger partial charge < -0.3 is 4.90 Å². The Labute approximate surface area is 177 Å². The Morgan fingerprint density at radius 1 is 0.815 bits per heavy atom. The number of hydrogen-bond acceptors (Lipinski definition) is 3. The average Bonchev–Trinajstić information content (AvgIpc) is 2.56. The number of anilines is 1. The molecule has 0 spiro atoms. The first-order valence-corrected chi connectivity index (χ1v) is 12.9. The molecule has 0 radical (unpaired) electrons. The lowest BCUT2D eigenvalue weighted by Crippen LogP contribution is -2.36. The predicted octanol–water partition coefficient (Wildman–Crippen LogP) is 5.84. The van der Waals surface area contributed by atoms with Crippen molar-refractivity contribution in [2.45, 2.75) is 85.0 Å². The van der Waals surface area contributed by atoms with Gasteiger partial charge >= 0.3 is 0 Å². The van der Waals surface area contributed by atoms with Gasteiger partial charge in [0.05, 0.1) is 0 Å². The van der Waals surface area contributed by atoms with Gasteiger partial charge in [0, 0.05) is 44.3 Å². The molecule has 0 atom stereocenters. The van der Waals surface area contributed by atoms with Crippen LogP contribution in [-0.2, 0) is 0 Å². The van der Waals surface area contributed by atoms with Gasteiger partial charge in [0.1, 0.15) is 0 Å². The molecule has 1 rings (SSSR count). The molecular formula is C23H48AlN3. The van der Waals surface area contributed by atoms with Crippen LogP contribution in [0, 0.1) is 11.8 Å². The van der Waals surface area contributed by atoms with Crippen molar-refractivity contribution < 1.29 is 0 Å². The molecule has 27 heavy (non-hydrogen) atoms. The Bertz CT molecular complexity index is 401. The van der Waals surface area contributed by atoms with Crippen molar-refractivity contribution in [3.05, 3.63) is 24.5 Å². The Hall–Kier alpha value is -0.558. The van der Waals surface area contributed by atoms with E-state index in [1.807, 2.05) is 31.1 Å². The van der Waals surface area contributed by atoms with Gasteiger partial charge in [0.15, 0.2) is 0 Å². The van der Waals surface area contributed by atoms with E-state index in [4.69, 9.17) is 0 Å². The van der Waals surface area contributed by atoms with E-state index in [9.17, 15) is 0 Å². The Balaban J connectivity index is 0. The molecule has 0 fully saturated rings. The maximum atomic E-state index is 3.90. The molecule has 0 aliphatic carbocycles. The lowest BCUT2D eigenvalue weighted by molar-refractivity contribution is 0.185. The second kappa shape index (κ2) is 17.5. The standard InChI is InChI=1S/C8H19N.C7H10N2.2C4H9.Al.H/c1-6-9(7(2)3)8(4)5;1-9(2)7-3-5-8-6-4-7;2*1-4(2)3;;/h7-8H,6H2,1-5H3;3-6H,1-2H3;2*4H,1H2,2-3H3;;. The molecule has 4 heteroatoms. The molecule has 0 N–H and O–H groups in total. The van der Waals surface area contributed by atoms with Crippen molar-refractivity contribution in [3.8, 4) is 0 Å². The minimum absolute atomic E-state index is 0.316. The SMILES string of the molecule is CC(C)[CH2][AlH][CH2]C(C)C.CCN(C(C)C)C(C)C.CN(C)c1ccncc1.